The number of nitrogens with two attached hydrogens (primary N) is 1. The molecule has 2 amide bonds. The van der Waals surface area contributed by atoms with Crippen LogP contribution < -0.4 is 11.1 Å². The van der Waals surface area contributed by atoms with Crippen molar-refractivity contribution in [3.05, 3.63) is 41.1 Å². The zero-order valence-electron chi connectivity index (χ0n) is 13.3. The van der Waals surface area contributed by atoms with Crippen molar-refractivity contribution in [1.29, 1.82) is 0 Å². The van der Waals surface area contributed by atoms with Crippen LogP contribution >= 0.6 is 11.8 Å². The number of fused-ring (bicyclic) bond motifs is 1. The molecule has 25 heavy (non-hydrogen) atoms. The van der Waals surface area contributed by atoms with Crippen LogP contribution in [0.5, 0.6) is 5.75 Å². The molecule has 0 aliphatic carbocycles. The van der Waals surface area contributed by atoms with Gasteiger partial charge in [0, 0.05) is 5.75 Å². The largest absolute Gasteiger partial charge is 0.508 e. The molecule has 1 aromatic carbocycles. The van der Waals surface area contributed by atoms with Crippen molar-refractivity contribution in [3.8, 4) is 5.75 Å². The average molecular weight is 363 g/mol. The first kappa shape index (κ1) is 17.3. The molecule has 9 heteroatoms. The number of carboxylic acid groups (broad SMARTS) is 1. The Balaban J connectivity index is 1.71. The molecule has 0 saturated carbocycles. The average Bonchev–Trinajstić information content (AvgIpc) is 2.58. The van der Waals surface area contributed by atoms with Gasteiger partial charge in [-0.2, -0.15) is 0 Å². The second-order valence-corrected chi connectivity index (χ2v) is 7.00. The fraction of sp³-hybridized carbons (Fsp3) is 0.312. The third kappa shape index (κ3) is 2.96. The number of carbonyl (C=O) groups is 3. The minimum Gasteiger partial charge on any atom is -0.508 e. The predicted molar refractivity (Wildman–Crippen MR) is 90.4 cm³/mol. The van der Waals surface area contributed by atoms with Gasteiger partial charge >= 0.3 is 5.97 Å². The third-order valence-corrected chi connectivity index (χ3v) is 5.62. The van der Waals surface area contributed by atoms with E-state index >= 15 is 0 Å². The molecule has 5 N–H and O–H groups in total. The highest BCUT2D eigenvalue weighted by molar-refractivity contribution is 8.00. The Morgan fingerprint density at radius 3 is 2.60 bits per heavy atom. The van der Waals surface area contributed by atoms with E-state index in [-0.39, 0.29) is 11.4 Å². The Bertz CT molecular complexity index is 776. The number of aliphatic carboxylic acids is 1. The van der Waals surface area contributed by atoms with E-state index in [9.17, 15) is 24.6 Å². The smallest absolute Gasteiger partial charge is 0.352 e. The van der Waals surface area contributed by atoms with Crippen LogP contribution in [0.3, 0.4) is 0 Å². The first-order chi connectivity index (χ1) is 11.8. The lowest BCUT2D eigenvalue weighted by Gasteiger charge is -2.49. The number of phenols is 1. The number of hydrogen-bond donors (Lipinski definition) is 4. The molecule has 0 spiro atoms. The maximum Gasteiger partial charge on any atom is 0.352 e. The van der Waals surface area contributed by atoms with Crippen LogP contribution in [0, 0.1) is 0 Å². The Labute approximate surface area is 147 Å². The van der Waals surface area contributed by atoms with Crippen LogP contribution in [0.4, 0.5) is 0 Å². The predicted octanol–water partition coefficient (Wildman–Crippen LogP) is 0.151. The van der Waals surface area contributed by atoms with Crippen LogP contribution in [0.2, 0.25) is 0 Å². The van der Waals surface area contributed by atoms with Gasteiger partial charge in [-0.1, -0.05) is 12.1 Å². The maximum atomic E-state index is 12.3. The number of rotatable bonds is 4. The van der Waals surface area contributed by atoms with Gasteiger partial charge < -0.3 is 21.3 Å². The van der Waals surface area contributed by atoms with Crippen molar-refractivity contribution < 1.29 is 24.6 Å². The van der Waals surface area contributed by atoms with Gasteiger partial charge in [0.25, 0.3) is 5.91 Å². The SMILES string of the molecule is CC1=C(C(=O)O)N2C(=O)C(NC(=O)[C@H](N)c3ccc(O)cc3)[C@H]2SC1. The highest BCUT2D eigenvalue weighted by atomic mass is 32.2. The summed E-state index contributed by atoms with van der Waals surface area (Å²) >= 11 is 1.40. The van der Waals surface area contributed by atoms with Crippen LogP contribution in [-0.4, -0.2) is 50.1 Å². The van der Waals surface area contributed by atoms with Crippen molar-refractivity contribution >= 4 is 29.5 Å². The molecule has 1 saturated heterocycles. The maximum absolute atomic E-state index is 12.3. The summed E-state index contributed by atoms with van der Waals surface area (Å²) in [5.41, 5.74) is 7.00. The number of nitrogens with one attached hydrogen (secondary N) is 1. The Morgan fingerprint density at radius 1 is 1.36 bits per heavy atom. The highest BCUT2D eigenvalue weighted by Gasteiger charge is 2.53. The van der Waals surface area contributed by atoms with E-state index in [0.717, 1.165) is 0 Å². The van der Waals surface area contributed by atoms with Crippen LogP contribution in [0.15, 0.2) is 35.5 Å². The van der Waals surface area contributed by atoms with Gasteiger partial charge in [0.15, 0.2) is 0 Å². The molecule has 2 heterocycles. The number of hydrogen-bond acceptors (Lipinski definition) is 6. The summed E-state index contributed by atoms with van der Waals surface area (Å²) in [6, 6.07) is 4.09. The summed E-state index contributed by atoms with van der Waals surface area (Å²) in [5, 5.41) is 20.7. The number of amides is 2. The van der Waals surface area contributed by atoms with E-state index in [1.165, 1.54) is 40.9 Å². The monoisotopic (exact) mass is 363 g/mol. The number of carbonyl (C=O) groups excluding carboxylic acids is 2. The molecule has 2 aliphatic heterocycles. The lowest BCUT2D eigenvalue weighted by atomic mass is 10.0. The molecule has 3 atom stereocenters. The van der Waals surface area contributed by atoms with Gasteiger partial charge in [-0.25, -0.2) is 4.79 Å². The Kier molecular flexibility index (Phi) is 4.44. The molecule has 0 radical (unpaired) electrons. The van der Waals surface area contributed by atoms with Crippen molar-refractivity contribution in [3.63, 3.8) is 0 Å². The van der Waals surface area contributed by atoms with Gasteiger partial charge in [0.2, 0.25) is 5.91 Å². The van der Waals surface area contributed by atoms with Crippen molar-refractivity contribution in [1.82, 2.24) is 10.2 Å². The van der Waals surface area contributed by atoms with E-state index in [0.29, 0.717) is 16.9 Å². The van der Waals surface area contributed by atoms with Crippen molar-refractivity contribution in [2.45, 2.75) is 24.4 Å². The Morgan fingerprint density at radius 2 is 2.00 bits per heavy atom. The molecule has 1 unspecified atom stereocenters. The van der Waals surface area contributed by atoms with Gasteiger partial charge in [0.1, 0.15) is 28.9 Å². The number of phenolic OH excluding ortho intramolecular Hbond substituents is 1. The first-order valence-electron chi connectivity index (χ1n) is 7.54. The van der Waals surface area contributed by atoms with Gasteiger partial charge in [0.05, 0.1) is 0 Å². The van der Waals surface area contributed by atoms with Gasteiger partial charge in [-0.3, -0.25) is 14.5 Å². The number of carboxylic acids is 1. The summed E-state index contributed by atoms with van der Waals surface area (Å²) in [6.07, 6.45) is 0. The second-order valence-electron chi connectivity index (χ2n) is 5.90. The first-order valence-corrected chi connectivity index (χ1v) is 8.58. The normalized spacial score (nSPS) is 23.6. The van der Waals surface area contributed by atoms with E-state index in [2.05, 4.69) is 5.32 Å². The van der Waals surface area contributed by atoms with E-state index in [1.54, 1.807) is 6.92 Å². The molecule has 8 nitrogen and oxygen atoms in total. The molecule has 1 fully saturated rings. The zero-order valence-corrected chi connectivity index (χ0v) is 14.1. The van der Waals surface area contributed by atoms with Crippen LogP contribution in [-0.2, 0) is 14.4 Å². The van der Waals surface area contributed by atoms with E-state index in [1.807, 2.05) is 0 Å². The third-order valence-electron chi connectivity index (χ3n) is 4.19. The molecule has 0 bridgehead atoms. The molecule has 1 aromatic rings. The van der Waals surface area contributed by atoms with E-state index in [4.69, 9.17) is 5.73 Å². The highest BCUT2D eigenvalue weighted by Crippen LogP contribution is 2.40. The van der Waals surface area contributed by atoms with Gasteiger partial charge in [-0.05, 0) is 30.2 Å². The van der Waals surface area contributed by atoms with Gasteiger partial charge in [-0.15, -0.1) is 11.8 Å². The quantitative estimate of drug-likeness (QED) is 0.560. The lowest BCUT2D eigenvalue weighted by molar-refractivity contribution is -0.150. The molecular formula is C16H17N3O5S. The standard InChI is InChI=1S/C16H17N3O5S/c1-7-6-25-15-11(14(22)19(15)12(7)16(23)24)18-13(21)10(17)8-2-4-9(20)5-3-8/h2-5,10-11,15,20H,6,17H2,1H3,(H,18,21)(H,23,24)/t10-,11?,15-/m1/s1. The number of nitrogens with zero attached hydrogens (tertiary/aromatic N) is 1. The summed E-state index contributed by atoms with van der Waals surface area (Å²) in [6.45, 7) is 1.67. The Hall–Kier alpha value is -2.52. The molecule has 2 aliphatic rings. The summed E-state index contributed by atoms with van der Waals surface area (Å²) in [7, 11) is 0. The fourth-order valence-corrected chi connectivity index (χ4v) is 4.14. The second kappa shape index (κ2) is 6.41. The summed E-state index contributed by atoms with van der Waals surface area (Å²) in [4.78, 5) is 37.2. The number of benzene rings is 1. The summed E-state index contributed by atoms with van der Waals surface area (Å²) < 4.78 is 0. The molecule has 3 rings (SSSR count). The fourth-order valence-electron chi connectivity index (χ4n) is 2.85. The van der Waals surface area contributed by atoms with Crippen LogP contribution in [0.25, 0.3) is 0 Å². The van der Waals surface area contributed by atoms with E-state index < -0.39 is 35.2 Å². The van der Waals surface area contributed by atoms with Crippen molar-refractivity contribution in [2.24, 2.45) is 5.73 Å². The molecular weight excluding hydrogens is 346 g/mol. The van der Waals surface area contributed by atoms with Crippen LogP contribution in [0.1, 0.15) is 18.5 Å². The zero-order chi connectivity index (χ0) is 18.3. The summed E-state index contributed by atoms with van der Waals surface area (Å²) in [5.74, 6) is -1.61. The number of β-lactam (4-membered cyclic amide) rings is 1. The molecule has 132 valence electrons. The van der Waals surface area contributed by atoms with Crippen molar-refractivity contribution in [2.75, 3.05) is 5.75 Å². The number of aromatic hydroxyl groups is 1. The minimum absolute atomic E-state index is 0.0120. The topological polar surface area (TPSA) is 133 Å². The number of thioether (sulfide) groups is 1. The molecule has 0 aromatic heterocycles. The lowest BCUT2D eigenvalue weighted by Crippen LogP contribution is -2.71. The minimum atomic E-state index is -1.15.